The molecule has 4 nitrogen and oxygen atoms in total. The van der Waals surface area contributed by atoms with Gasteiger partial charge in [0.15, 0.2) is 5.15 Å². The first-order chi connectivity index (χ1) is 6.02. The molecule has 1 atom stereocenters. The highest BCUT2D eigenvalue weighted by molar-refractivity contribution is 6.40. The SMILES string of the molecule is CC(O)Cn1cnc(Cl)c(Cl)c1=O. The average Bonchev–Trinajstić information content (AvgIpc) is 2.06. The van der Waals surface area contributed by atoms with Gasteiger partial charge in [-0.3, -0.25) is 9.36 Å². The van der Waals surface area contributed by atoms with Crippen molar-refractivity contribution in [2.24, 2.45) is 0 Å². The predicted octanol–water partition coefficient (Wildman–Crippen LogP) is 0.931. The molecule has 0 bridgehead atoms. The van der Waals surface area contributed by atoms with Crippen LogP contribution in [-0.2, 0) is 6.54 Å². The first-order valence-electron chi connectivity index (χ1n) is 3.61. The lowest BCUT2D eigenvalue weighted by Crippen LogP contribution is -2.25. The Morgan fingerprint density at radius 3 is 2.85 bits per heavy atom. The van der Waals surface area contributed by atoms with Crippen molar-refractivity contribution in [3.05, 3.63) is 26.9 Å². The van der Waals surface area contributed by atoms with Gasteiger partial charge in [-0.1, -0.05) is 23.2 Å². The zero-order valence-electron chi connectivity index (χ0n) is 6.87. The van der Waals surface area contributed by atoms with Gasteiger partial charge < -0.3 is 5.11 Å². The van der Waals surface area contributed by atoms with E-state index in [0.717, 1.165) is 0 Å². The fourth-order valence-electron chi connectivity index (χ4n) is 0.859. The van der Waals surface area contributed by atoms with Crippen molar-refractivity contribution in [1.29, 1.82) is 0 Å². The van der Waals surface area contributed by atoms with Crippen molar-refractivity contribution in [2.45, 2.75) is 19.6 Å². The van der Waals surface area contributed by atoms with Crippen LogP contribution in [0.4, 0.5) is 0 Å². The van der Waals surface area contributed by atoms with E-state index in [4.69, 9.17) is 28.3 Å². The third-order valence-corrected chi connectivity index (χ3v) is 2.13. The van der Waals surface area contributed by atoms with Gasteiger partial charge in [0.1, 0.15) is 5.02 Å². The molecule has 0 spiro atoms. The molecule has 6 heteroatoms. The van der Waals surface area contributed by atoms with Crippen LogP contribution in [0.15, 0.2) is 11.1 Å². The first-order valence-corrected chi connectivity index (χ1v) is 4.36. The maximum atomic E-state index is 11.3. The summed E-state index contributed by atoms with van der Waals surface area (Å²) in [4.78, 5) is 15.0. The third kappa shape index (κ3) is 2.43. The molecule has 1 aromatic heterocycles. The molecule has 1 aromatic rings. The quantitative estimate of drug-likeness (QED) is 0.758. The minimum Gasteiger partial charge on any atom is -0.392 e. The second-order valence-corrected chi connectivity index (χ2v) is 3.39. The van der Waals surface area contributed by atoms with Crippen molar-refractivity contribution in [3.8, 4) is 0 Å². The van der Waals surface area contributed by atoms with E-state index in [1.807, 2.05) is 0 Å². The number of hydrogen-bond acceptors (Lipinski definition) is 3. The van der Waals surface area contributed by atoms with Crippen molar-refractivity contribution in [3.63, 3.8) is 0 Å². The smallest absolute Gasteiger partial charge is 0.273 e. The number of aromatic nitrogens is 2. The molecule has 1 rings (SSSR count). The standard InChI is InChI=1S/C7H8Cl2N2O2/c1-4(12)2-11-3-10-6(9)5(8)7(11)13/h3-4,12H,2H2,1H3. The second-order valence-electron chi connectivity index (χ2n) is 2.66. The Kier molecular flexibility index (Phi) is 3.30. The van der Waals surface area contributed by atoms with Gasteiger partial charge in [0.05, 0.1) is 19.0 Å². The van der Waals surface area contributed by atoms with Crippen LogP contribution in [0.2, 0.25) is 10.2 Å². The van der Waals surface area contributed by atoms with Crippen LogP contribution in [0.5, 0.6) is 0 Å². The number of aliphatic hydroxyl groups excluding tert-OH is 1. The molecule has 72 valence electrons. The van der Waals surface area contributed by atoms with Crippen molar-refractivity contribution < 1.29 is 5.11 Å². The summed E-state index contributed by atoms with van der Waals surface area (Å²) < 4.78 is 1.21. The van der Waals surface area contributed by atoms with Crippen molar-refractivity contribution in [2.75, 3.05) is 0 Å². The largest absolute Gasteiger partial charge is 0.392 e. The van der Waals surface area contributed by atoms with Gasteiger partial charge in [-0.15, -0.1) is 0 Å². The lowest BCUT2D eigenvalue weighted by atomic mass is 10.4. The van der Waals surface area contributed by atoms with E-state index in [9.17, 15) is 4.79 Å². The van der Waals surface area contributed by atoms with E-state index >= 15 is 0 Å². The van der Waals surface area contributed by atoms with Crippen molar-refractivity contribution in [1.82, 2.24) is 9.55 Å². The van der Waals surface area contributed by atoms with Crippen LogP contribution in [0, 0.1) is 0 Å². The monoisotopic (exact) mass is 222 g/mol. The number of nitrogens with zero attached hydrogens (tertiary/aromatic N) is 2. The van der Waals surface area contributed by atoms with Gasteiger partial charge in [-0.2, -0.15) is 0 Å². The summed E-state index contributed by atoms with van der Waals surface area (Å²) in [7, 11) is 0. The van der Waals surface area contributed by atoms with Crippen LogP contribution in [0.1, 0.15) is 6.92 Å². The highest BCUT2D eigenvalue weighted by atomic mass is 35.5. The molecule has 0 saturated heterocycles. The molecule has 0 amide bonds. The van der Waals surface area contributed by atoms with E-state index in [0.29, 0.717) is 0 Å². The minimum atomic E-state index is -0.628. The first kappa shape index (κ1) is 10.5. The van der Waals surface area contributed by atoms with E-state index in [1.54, 1.807) is 6.92 Å². The number of aliphatic hydroxyl groups is 1. The van der Waals surface area contributed by atoms with Gasteiger partial charge in [0, 0.05) is 0 Å². The van der Waals surface area contributed by atoms with E-state index < -0.39 is 11.7 Å². The molecule has 0 fully saturated rings. The highest BCUT2D eigenvalue weighted by Crippen LogP contribution is 2.12. The molecule has 0 saturated carbocycles. The van der Waals surface area contributed by atoms with Gasteiger partial charge in [-0.05, 0) is 6.92 Å². The van der Waals surface area contributed by atoms with E-state index in [1.165, 1.54) is 10.9 Å². The van der Waals surface area contributed by atoms with Crippen LogP contribution < -0.4 is 5.56 Å². The Balaban J connectivity index is 3.12. The molecule has 0 aromatic carbocycles. The van der Waals surface area contributed by atoms with Crippen LogP contribution >= 0.6 is 23.2 Å². The molecular formula is C7H8Cl2N2O2. The van der Waals surface area contributed by atoms with Gasteiger partial charge in [-0.25, -0.2) is 4.98 Å². The fourth-order valence-corrected chi connectivity index (χ4v) is 1.14. The van der Waals surface area contributed by atoms with Crippen LogP contribution in [-0.4, -0.2) is 20.8 Å². The maximum Gasteiger partial charge on any atom is 0.273 e. The Labute approximate surface area is 84.7 Å². The van der Waals surface area contributed by atoms with Gasteiger partial charge >= 0.3 is 0 Å². The molecule has 0 aliphatic heterocycles. The van der Waals surface area contributed by atoms with Crippen LogP contribution in [0.25, 0.3) is 0 Å². The summed E-state index contributed by atoms with van der Waals surface area (Å²) in [5, 5.41) is 8.89. The molecule has 0 radical (unpaired) electrons. The number of halogens is 2. The molecule has 0 aliphatic carbocycles. The molecular weight excluding hydrogens is 215 g/mol. The lowest BCUT2D eigenvalue weighted by Gasteiger charge is -2.07. The summed E-state index contributed by atoms with van der Waals surface area (Å²) in [5.74, 6) is 0. The summed E-state index contributed by atoms with van der Waals surface area (Å²) in [6, 6.07) is 0. The second kappa shape index (κ2) is 4.09. The zero-order chi connectivity index (χ0) is 10.0. The van der Waals surface area contributed by atoms with Gasteiger partial charge in [0.25, 0.3) is 5.56 Å². The van der Waals surface area contributed by atoms with E-state index in [-0.39, 0.29) is 16.7 Å². The predicted molar refractivity (Wildman–Crippen MR) is 50.2 cm³/mol. The van der Waals surface area contributed by atoms with Crippen LogP contribution in [0.3, 0.4) is 0 Å². The zero-order valence-corrected chi connectivity index (χ0v) is 8.38. The summed E-state index contributed by atoms with van der Waals surface area (Å²) in [6.45, 7) is 1.72. The molecule has 1 unspecified atom stereocenters. The molecule has 0 aliphatic rings. The van der Waals surface area contributed by atoms with Crippen molar-refractivity contribution >= 4 is 23.2 Å². The highest BCUT2D eigenvalue weighted by Gasteiger charge is 2.08. The summed E-state index contributed by atoms with van der Waals surface area (Å²) in [6.07, 6.45) is 0.625. The van der Waals surface area contributed by atoms with Gasteiger partial charge in [0.2, 0.25) is 0 Å². The summed E-state index contributed by atoms with van der Waals surface area (Å²) in [5.41, 5.74) is -0.442. The number of hydrogen-bond donors (Lipinski definition) is 1. The Bertz CT molecular complexity index is 362. The van der Waals surface area contributed by atoms with E-state index in [2.05, 4.69) is 4.98 Å². The third-order valence-electron chi connectivity index (χ3n) is 1.40. The molecule has 13 heavy (non-hydrogen) atoms. The lowest BCUT2D eigenvalue weighted by molar-refractivity contribution is 0.171. The minimum absolute atomic E-state index is 0.0199. The normalized spacial score (nSPS) is 12.9. The Morgan fingerprint density at radius 2 is 2.31 bits per heavy atom. The Morgan fingerprint density at radius 1 is 1.69 bits per heavy atom. The summed E-state index contributed by atoms with van der Waals surface area (Å²) >= 11 is 11.1. The molecule has 1 heterocycles. The maximum absolute atomic E-state index is 11.3. The fraction of sp³-hybridized carbons (Fsp3) is 0.429. The Hall–Kier alpha value is -0.580. The average molecular weight is 223 g/mol. The molecule has 1 N–H and O–H groups in total. The number of rotatable bonds is 2. The topological polar surface area (TPSA) is 55.1 Å².